The number of ether oxygens (including phenoxy) is 1. The van der Waals surface area contributed by atoms with E-state index in [0.717, 1.165) is 32.4 Å². The molecule has 0 radical (unpaired) electrons. The summed E-state index contributed by atoms with van der Waals surface area (Å²) in [6.07, 6.45) is 3.00. The van der Waals surface area contributed by atoms with Gasteiger partial charge in [-0.1, -0.05) is 34.6 Å². The number of hydrogen-bond donors (Lipinski definition) is 2. The summed E-state index contributed by atoms with van der Waals surface area (Å²) >= 11 is 0. The van der Waals surface area contributed by atoms with E-state index in [-0.39, 0.29) is 17.9 Å². The second kappa shape index (κ2) is 16.7. The third-order valence-electron chi connectivity index (χ3n) is 3.77. The Hall–Kier alpha value is -1.14. The number of hydrogen-bond acceptors (Lipinski definition) is 5. The van der Waals surface area contributed by atoms with Crippen LogP contribution in [0.3, 0.4) is 0 Å². The van der Waals surface area contributed by atoms with E-state index in [2.05, 4.69) is 10.9 Å². The summed E-state index contributed by atoms with van der Waals surface area (Å²) < 4.78 is 5.00. The Bertz CT molecular complexity index is 317. The molecular formula is C18H39N3O3. The molecule has 1 unspecified atom stereocenters. The van der Waals surface area contributed by atoms with Gasteiger partial charge in [-0.25, -0.2) is 10.2 Å². The second-order valence-electron chi connectivity index (χ2n) is 5.13. The van der Waals surface area contributed by atoms with Crippen LogP contribution in [0.25, 0.3) is 0 Å². The molecule has 1 heterocycles. The molecule has 0 aromatic heterocycles. The Kier molecular flexibility index (Phi) is 17.5. The topological polar surface area (TPSA) is 70.7 Å². The van der Waals surface area contributed by atoms with Crippen molar-refractivity contribution in [2.75, 3.05) is 26.7 Å². The molecule has 0 bridgehead atoms. The summed E-state index contributed by atoms with van der Waals surface area (Å²) in [5.74, 6) is 0.703. The summed E-state index contributed by atoms with van der Waals surface area (Å²) in [6, 6.07) is -0.135. The van der Waals surface area contributed by atoms with E-state index in [4.69, 9.17) is 4.74 Å². The summed E-state index contributed by atoms with van der Waals surface area (Å²) in [7, 11) is 1.78. The minimum Gasteiger partial charge on any atom is -0.450 e. The molecule has 1 aliphatic rings. The van der Waals surface area contributed by atoms with Gasteiger partial charge in [-0.15, -0.1) is 0 Å². The lowest BCUT2D eigenvalue weighted by Crippen LogP contribution is -2.46. The minimum absolute atomic E-state index is 0.135. The lowest BCUT2D eigenvalue weighted by molar-refractivity contribution is -0.121. The van der Waals surface area contributed by atoms with Crippen molar-refractivity contribution in [1.82, 2.24) is 15.8 Å². The normalized spacial score (nSPS) is 15.4. The highest BCUT2D eigenvalue weighted by Crippen LogP contribution is 2.23. The number of rotatable bonds is 7. The average molecular weight is 346 g/mol. The number of hydrazine groups is 1. The first-order valence-electron chi connectivity index (χ1n) is 9.49. The quantitative estimate of drug-likeness (QED) is 0.692. The monoisotopic (exact) mass is 345 g/mol. The molecule has 6 nitrogen and oxygen atoms in total. The van der Waals surface area contributed by atoms with Gasteiger partial charge < -0.3 is 9.64 Å². The first-order valence-corrected chi connectivity index (χ1v) is 9.49. The number of carbonyl (C=O) groups excluding carboxylic acids is 2. The first-order chi connectivity index (χ1) is 11.6. The van der Waals surface area contributed by atoms with Gasteiger partial charge in [-0.05, 0) is 39.2 Å². The number of nitrogens with one attached hydrogen (secondary N) is 2. The van der Waals surface area contributed by atoms with Crippen LogP contribution < -0.4 is 10.9 Å². The van der Waals surface area contributed by atoms with E-state index in [1.807, 2.05) is 41.5 Å². The van der Waals surface area contributed by atoms with Gasteiger partial charge in [0.1, 0.15) is 0 Å². The van der Waals surface area contributed by atoms with Crippen molar-refractivity contribution in [3.8, 4) is 0 Å². The van der Waals surface area contributed by atoms with Crippen LogP contribution in [-0.2, 0) is 9.53 Å². The summed E-state index contributed by atoms with van der Waals surface area (Å²) in [4.78, 5) is 25.2. The fourth-order valence-electron chi connectivity index (χ4n) is 2.59. The standard InChI is InChI=1S/C14H27N3O3.2C2H6/c1-4-13(18)12(16-15-3)10-11-6-8-17(9-7-11)14(19)20-5-2;2*1-2/h11-12,15-16H,4-10H2,1-3H3;2*1-2H3. The van der Waals surface area contributed by atoms with E-state index in [9.17, 15) is 9.59 Å². The predicted octanol–water partition coefficient (Wildman–Crippen LogP) is 3.37. The highest BCUT2D eigenvalue weighted by Gasteiger charge is 2.27. The zero-order valence-electron chi connectivity index (χ0n) is 16.8. The van der Waals surface area contributed by atoms with Gasteiger partial charge in [0.2, 0.25) is 0 Å². The maximum Gasteiger partial charge on any atom is 0.409 e. The van der Waals surface area contributed by atoms with Crippen LogP contribution in [0.1, 0.15) is 67.2 Å². The number of carbonyl (C=O) groups is 2. The van der Waals surface area contributed by atoms with Gasteiger partial charge >= 0.3 is 6.09 Å². The Morgan fingerprint density at radius 2 is 1.67 bits per heavy atom. The Balaban J connectivity index is 0. The third-order valence-corrected chi connectivity index (χ3v) is 3.77. The van der Waals surface area contributed by atoms with E-state index < -0.39 is 0 Å². The van der Waals surface area contributed by atoms with E-state index in [0.29, 0.717) is 18.9 Å². The molecule has 1 rings (SSSR count). The molecule has 1 saturated heterocycles. The van der Waals surface area contributed by atoms with Gasteiger partial charge in [0.15, 0.2) is 5.78 Å². The molecule has 144 valence electrons. The van der Waals surface area contributed by atoms with Crippen molar-refractivity contribution in [3.05, 3.63) is 0 Å². The highest BCUT2D eigenvalue weighted by atomic mass is 16.6. The molecular weight excluding hydrogens is 306 g/mol. The van der Waals surface area contributed by atoms with Gasteiger partial charge in [-0.2, -0.15) is 0 Å². The van der Waals surface area contributed by atoms with Crippen molar-refractivity contribution in [2.45, 2.75) is 73.3 Å². The number of Topliss-reactive ketones (excluding diaryl/α,β-unsaturated/α-hetero) is 1. The van der Waals surface area contributed by atoms with Crippen molar-refractivity contribution in [3.63, 3.8) is 0 Å². The maximum atomic E-state index is 11.8. The van der Waals surface area contributed by atoms with E-state index in [1.165, 1.54) is 0 Å². The molecule has 0 saturated carbocycles. The van der Waals surface area contributed by atoms with Crippen molar-refractivity contribution in [2.24, 2.45) is 5.92 Å². The molecule has 0 aromatic carbocycles. The highest BCUT2D eigenvalue weighted by molar-refractivity contribution is 5.83. The fraction of sp³-hybridized carbons (Fsp3) is 0.889. The van der Waals surface area contributed by atoms with Crippen LogP contribution in [0.15, 0.2) is 0 Å². The summed E-state index contributed by atoms with van der Waals surface area (Å²) in [5.41, 5.74) is 5.89. The summed E-state index contributed by atoms with van der Waals surface area (Å²) in [6.45, 7) is 13.6. The molecule has 1 fully saturated rings. The van der Waals surface area contributed by atoms with Crippen LogP contribution >= 0.6 is 0 Å². The van der Waals surface area contributed by atoms with Gasteiger partial charge in [0.25, 0.3) is 0 Å². The van der Waals surface area contributed by atoms with Crippen molar-refractivity contribution in [1.29, 1.82) is 0 Å². The number of amides is 1. The maximum absolute atomic E-state index is 11.8. The summed E-state index contributed by atoms with van der Waals surface area (Å²) in [5, 5.41) is 0. The van der Waals surface area contributed by atoms with Gasteiger partial charge in [-0.3, -0.25) is 10.2 Å². The third kappa shape index (κ3) is 9.88. The molecule has 6 heteroatoms. The molecule has 0 aliphatic carbocycles. The van der Waals surface area contributed by atoms with E-state index >= 15 is 0 Å². The molecule has 0 spiro atoms. The molecule has 2 N–H and O–H groups in total. The number of piperidine rings is 1. The Morgan fingerprint density at radius 1 is 1.12 bits per heavy atom. The minimum atomic E-state index is -0.222. The SMILES string of the molecule is CC.CC.CCOC(=O)N1CCC(CC(NNC)C(=O)CC)CC1. The molecule has 0 aromatic rings. The molecule has 1 aliphatic heterocycles. The zero-order chi connectivity index (χ0) is 19.0. The second-order valence-corrected chi connectivity index (χ2v) is 5.13. The van der Waals surface area contributed by atoms with Crippen LogP contribution in [0.2, 0.25) is 0 Å². The Labute approximate surface area is 148 Å². The first kappa shape index (κ1) is 25.1. The average Bonchev–Trinajstić information content (AvgIpc) is 2.64. The zero-order valence-corrected chi connectivity index (χ0v) is 16.8. The molecule has 1 amide bonds. The number of likely N-dealkylation sites (tertiary alicyclic amines) is 1. The van der Waals surface area contributed by atoms with Gasteiger partial charge in [0, 0.05) is 19.5 Å². The van der Waals surface area contributed by atoms with Crippen LogP contribution in [0, 0.1) is 5.92 Å². The van der Waals surface area contributed by atoms with Crippen LogP contribution in [0.4, 0.5) is 4.79 Å². The lowest BCUT2D eigenvalue weighted by atomic mass is 9.89. The van der Waals surface area contributed by atoms with Crippen molar-refractivity contribution >= 4 is 11.9 Å². The largest absolute Gasteiger partial charge is 0.450 e. The smallest absolute Gasteiger partial charge is 0.409 e. The lowest BCUT2D eigenvalue weighted by Gasteiger charge is -2.32. The van der Waals surface area contributed by atoms with Gasteiger partial charge in [0.05, 0.1) is 12.6 Å². The van der Waals surface area contributed by atoms with Crippen LogP contribution in [0.5, 0.6) is 0 Å². The number of nitrogens with zero attached hydrogens (tertiary/aromatic N) is 1. The van der Waals surface area contributed by atoms with Crippen molar-refractivity contribution < 1.29 is 14.3 Å². The fourth-order valence-corrected chi connectivity index (χ4v) is 2.59. The number of ketones is 1. The molecule has 1 atom stereocenters. The Morgan fingerprint density at radius 3 is 2.08 bits per heavy atom. The molecule has 24 heavy (non-hydrogen) atoms. The van der Waals surface area contributed by atoms with Crippen LogP contribution in [-0.4, -0.2) is 49.6 Å². The predicted molar refractivity (Wildman–Crippen MR) is 99.9 cm³/mol. The van der Waals surface area contributed by atoms with E-state index in [1.54, 1.807) is 11.9 Å².